The Hall–Kier alpha value is -2.21. The van der Waals surface area contributed by atoms with Crippen LogP contribution in [0.3, 0.4) is 0 Å². The molecule has 2 aromatic rings. The van der Waals surface area contributed by atoms with E-state index in [0.29, 0.717) is 6.04 Å². The van der Waals surface area contributed by atoms with Crippen LogP contribution in [0, 0.1) is 5.92 Å². The van der Waals surface area contributed by atoms with Crippen molar-refractivity contribution in [3.8, 4) is 5.75 Å². The van der Waals surface area contributed by atoms with E-state index in [-0.39, 0.29) is 12.1 Å². The largest absolute Gasteiger partial charge is 0.487 e. The van der Waals surface area contributed by atoms with Crippen LogP contribution in [0.2, 0.25) is 0 Å². The topological polar surface area (TPSA) is 58.0 Å². The minimum absolute atomic E-state index is 0.0281. The van der Waals surface area contributed by atoms with Crippen LogP contribution in [0.4, 0.5) is 4.79 Å². The molecule has 6 nitrogen and oxygen atoms in total. The number of nitrogens with zero attached hydrogens (tertiary/aromatic N) is 2. The lowest BCUT2D eigenvalue weighted by molar-refractivity contribution is 0.187. The smallest absolute Gasteiger partial charge is 0.317 e. The van der Waals surface area contributed by atoms with E-state index in [2.05, 4.69) is 22.3 Å². The van der Waals surface area contributed by atoms with Crippen molar-refractivity contribution in [1.29, 1.82) is 0 Å². The molecule has 2 aliphatic rings. The van der Waals surface area contributed by atoms with E-state index >= 15 is 0 Å². The van der Waals surface area contributed by atoms with Gasteiger partial charge in [-0.2, -0.15) is 0 Å². The number of fused-ring (bicyclic) bond motifs is 3. The highest BCUT2D eigenvalue weighted by atomic mass is 16.5. The number of benzene rings is 1. The van der Waals surface area contributed by atoms with Gasteiger partial charge in [0.2, 0.25) is 0 Å². The lowest BCUT2D eigenvalue weighted by Gasteiger charge is -2.32. The first kappa shape index (κ1) is 22.0. The van der Waals surface area contributed by atoms with Gasteiger partial charge >= 0.3 is 6.03 Å². The summed E-state index contributed by atoms with van der Waals surface area (Å²) in [6.45, 7) is 7.19. The SMILES string of the molecule is CC(C)Oc1cccc2c3c(oc12)CN(CC[C@H]1CC[C@H](NC(=O)N(C)C)CC1)CC3. The Morgan fingerprint density at radius 1 is 1.26 bits per heavy atom. The molecule has 0 spiro atoms. The first-order valence-corrected chi connectivity index (χ1v) is 11.8. The van der Waals surface area contributed by atoms with Crippen molar-refractivity contribution in [2.75, 3.05) is 27.2 Å². The van der Waals surface area contributed by atoms with Crippen LogP contribution in [-0.4, -0.2) is 55.2 Å². The molecule has 1 saturated carbocycles. The molecule has 6 heteroatoms. The Labute approximate surface area is 185 Å². The highest BCUT2D eigenvalue weighted by Crippen LogP contribution is 2.36. The molecule has 2 heterocycles. The number of carbonyl (C=O) groups is 1. The maximum Gasteiger partial charge on any atom is 0.317 e. The van der Waals surface area contributed by atoms with Gasteiger partial charge in [0.05, 0.1) is 12.6 Å². The van der Waals surface area contributed by atoms with Crippen LogP contribution >= 0.6 is 0 Å². The van der Waals surface area contributed by atoms with Gasteiger partial charge in [0.1, 0.15) is 5.76 Å². The number of rotatable bonds is 6. The number of urea groups is 1. The van der Waals surface area contributed by atoms with Crippen LogP contribution in [0.15, 0.2) is 22.6 Å². The summed E-state index contributed by atoms with van der Waals surface area (Å²) < 4.78 is 12.3. The Morgan fingerprint density at radius 2 is 2.03 bits per heavy atom. The van der Waals surface area contributed by atoms with Crippen molar-refractivity contribution in [1.82, 2.24) is 15.1 Å². The Kier molecular flexibility index (Phi) is 6.75. The van der Waals surface area contributed by atoms with Crippen molar-refractivity contribution in [2.24, 2.45) is 5.92 Å². The monoisotopic (exact) mass is 427 g/mol. The number of para-hydroxylation sites is 1. The van der Waals surface area contributed by atoms with Gasteiger partial charge < -0.3 is 19.4 Å². The standard InChI is InChI=1S/C25H37N3O3/c1-17(2)30-22-7-5-6-21-20-13-15-28(16-23(20)31-24(21)22)14-12-18-8-10-19(11-9-18)26-25(29)27(3)4/h5-7,17-19H,8-16H2,1-4H3,(H,26,29)/t18-,19-. The Morgan fingerprint density at radius 3 is 2.74 bits per heavy atom. The lowest BCUT2D eigenvalue weighted by Crippen LogP contribution is -2.43. The fourth-order valence-electron chi connectivity index (χ4n) is 4.95. The van der Waals surface area contributed by atoms with E-state index in [4.69, 9.17) is 9.15 Å². The Bertz CT molecular complexity index is 897. The van der Waals surface area contributed by atoms with Gasteiger partial charge in [0, 0.05) is 37.6 Å². The first-order chi connectivity index (χ1) is 14.9. The van der Waals surface area contributed by atoms with Crippen LogP contribution in [0.1, 0.15) is 57.3 Å². The van der Waals surface area contributed by atoms with Gasteiger partial charge in [-0.3, -0.25) is 4.90 Å². The molecule has 1 fully saturated rings. The Balaban J connectivity index is 1.30. The molecule has 2 amide bonds. The van der Waals surface area contributed by atoms with E-state index in [1.54, 1.807) is 19.0 Å². The quantitative estimate of drug-likeness (QED) is 0.720. The molecule has 0 bridgehead atoms. The molecule has 0 saturated heterocycles. The second kappa shape index (κ2) is 9.51. The van der Waals surface area contributed by atoms with Gasteiger partial charge in [-0.1, -0.05) is 12.1 Å². The molecule has 4 rings (SSSR count). The van der Waals surface area contributed by atoms with E-state index in [0.717, 1.165) is 61.9 Å². The molecule has 1 N–H and O–H groups in total. The second-order valence-electron chi connectivity index (χ2n) is 9.68. The summed E-state index contributed by atoms with van der Waals surface area (Å²) in [6.07, 6.45) is 7.00. The molecular weight excluding hydrogens is 390 g/mol. The maximum atomic E-state index is 11.9. The fraction of sp³-hybridized carbons (Fsp3) is 0.640. The summed E-state index contributed by atoms with van der Waals surface area (Å²) in [5.41, 5.74) is 2.26. The summed E-state index contributed by atoms with van der Waals surface area (Å²) in [7, 11) is 3.59. The number of ether oxygens (including phenoxy) is 1. The van der Waals surface area contributed by atoms with Crippen molar-refractivity contribution < 1.29 is 13.9 Å². The van der Waals surface area contributed by atoms with Crippen molar-refractivity contribution in [3.05, 3.63) is 29.5 Å². The minimum Gasteiger partial charge on any atom is -0.487 e. The number of carbonyl (C=O) groups excluding carboxylic acids is 1. The average molecular weight is 428 g/mol. The predicted octanol–water partition coefficient (Wildman–Crippen LogP) is 4.80. The van der Waals surface area contributed by atoms with Gasteiger partial charge in [0.15, 0.2) is 11.3 Å². The number of furan rings is 1. The number of hydrogen-bond acceptors (Lipinski definition) is 4. The van der Waals surface area contributed by atoms with Crippen LogP contribution < -0.4 is 10.1 Å². The predicted molar refractivity (Wildman–Crippen MR) is 124 cm³/mol. The molecule has 1 aromatic heterocycles. The maximum absolute atomic E-state index is 11.9. The highest BCUT2D eigenvalue weighted by molar-refractivity contribution is 5.87. The second-order valence-corrected chi connectivity index (χ2v) is 9.68. The fourth-order valence-corrected chi connectivity index (χ4v) is 4.95. The van der Waals surface area contributed by atoms with E-state index < -0.39 is 0 Å². The lowest BCUT2D eigenvalue weighted by atomic mass is 9.84. The number of amides is 2. The molecule has 1 aliphatic heterocycles. The molecular formula is C25H37N3O3. The molecule has 0 atom stereocenters. The zero-order valence-electron chi connectivity index (χ0n) is 19.4. The van der Waals surface area contributed by atoms with Crippen LogP contribution in [-0.2, 0) is 13.0 Å². The van der Waals surface area contributed by atoms with Crippen LogP contribution in [0.5, 0.6) is 5.75 Å². The minimum atomic E-state index is 0.0281. The molecule has 31 heavy (non-hydrogen) atoms. The zero-order valence-corrected chi connectivity index (χ0v) is 19.4. The van der Waals surface area contributed by atoms with Crippen molar-refractivity contribution >= 4 is 17.0 Å². The summed E-state index contributed by atoms with van der Waals surface area (Å²) in [4.78, 5) is 16.0. The number of hydrogen-bond donors (Lipinski definition) is 1. The van der Waals surface area contributed by atoms with Gasteiger partial charge in [0.25, 0.3) is 0 Å². The normalized spacial score (nSPS) is 21.8. The molecule has 1 aliphatic carbocycles. The average Bonchev–Trinajstić information content (AvgIpc) is 3.12. The first-order valence-electron chi connectivity index (χ1n) is 11.8. The summed E-state index contributed by atoms with van der Waals surface area (Å²) in [5, 5.41) is 4.35. The summed E-state index contributed by atoms with van der Waals surface area (Å²) in [5.74, 6) is 2.72. The van der Waals surface area contributed by atoms with E-state index in [1.807, 2.05) is 19.9 Å². The number of nitrogens with one attached hydrogen (secondary N) is 1. The van der Waals surface area contributed by atoms with E-state index in [1.165, 1.54) is 30.2 Å². The molecule has 0 unspecified atom stereocenters. The van der Waals surface area contributed by atoms with Crippen molar-refractivity contribution in [3.63, 3.8) is 0 Å². The van der Waals surface area contributed by atoms with Gasteiger partial charge in [-0.25, -0.2) is 4.79 Å². The molecule has 1 aromatic carbocycles. The van der Waals surface area contributed by atoms with Crippen LogP contribution in [0.25, 0.3) is 11.0 Å². The summed E-state index contributed by atoms with van der Waals surface area (Å²) >= 11 is 0. The van der Waals surface area contributed by atoms with Gasteiger partial charge in [-0.15, -0.1) is 0 Å². The van der Waals surface area contributed by atoms with Crippen molar-refractivity contribution in [2.45, 2.75) is 71.1 Å². The zero-order chi connectivity index (χ0) is 22.0. The third-order valence-electron chi connectivity index (χ3n) is 6.71. The molecule has 170 valence electrons. The molecule has 0 radical (unpaired) electrons. The summed E-state index contributed by atoms with van der Waals surface area (Å²) in [6, 6.07) is 6.60. The highest BCUT2D eigenvalue weighted by Gasteiger charge is 2.26. The van der Waals surface area contributed by atoms with E-state index in [9.17, 15) is 4.79 Å². The third kappa shape index (κ3) is 5.17. The third-order valence-corrected chi connectivity index (χ3v) is 6.71. The van der Waals surface area contributed by atoms with Gasteiger partial charge in [-0.05, 0) is 70.9 Å².